The van der Waals surface area contributed by atoms with Gasteiger partial charge in [-0.25, -0.2) is 0 Å². The van der Waals surface area contributed by atoms with Crippen molar-refractivity contribution in [3.8, 4) is 0 Å². The van der Waals surface area contributed by atoms with E-state index in [0.29, 0.717) is 6.42 Å². The van der Waals surface area contributed by atoms with E-state index >= 15 is 0 Å². The number of aliphatic hydroxyl groups excluding tert-OH is 2. The molecule has 0 radical (unpaired) electrons. The molecular formula is C13H22O4. The first kappa shape index (κ1) is 11.9. The molecule has 3 aliphatic rings. The third kappa shape index (κ3) is 1.58. The van der Waals surface area contributed by atoms with Gasteiger partial charge in [-0.15, -0.1) is 0 Å². The third-order valence-electron chi connectivity index (χ3n) is 4.68. The second kappa shape index (κ2) is 3.44. The van der Waals surface area contributed by atoms with E-state index in [1.54, 1.807) is 0 Å². The molecule has 0 aromatic carbocycles. The van der Waals surface area contributed by atoms with Crippen molar-refractivity contribution in [2.75, 3.05) is 6.61 Å². The molecule has 1 saturated carbocycles. The molecule has 4 heteroatoms. The number of ether oxygens (including phenoxy) is 2. The summed E-state index contributed by atoms with van der Waals surface area (Å²) >= 11 is 0. The number of hydrogen-bond acceptors (Lipinski definition) is 4. The highest BCUT2D eigenvalue weighted by molar-refractivity contribution is 5.15. The quantitative estimate of drug-likeness (QED) is 0.664. The summed E-state index contributed by atoms with van der Waals surface area (Å²) in [6, 6.07) is 0. The highest BCUT2D eigenvalue weighted by Crippen LogP contribution is 2.58. The van der Waals surface area contributed by atoms with Crippen LogP contribution in [0, 0.1) is 10.8 Å². The third-order valence-corrected chi connectivity index (χ3v) is 4.68. The van der Waals surface area contributed by atoms with Crippen molar-refractivity contribution in [3.05, 3.63) is 0 Å². The van der Waals surface area contributed by atoms with Crippen molar-refractivity contribution in [3.63, 3.8) is 0 Å². The van der Waals surface area contributed by atoms with Crippen molar-refractivity contribution in [1.29, 1.82) is 0 Å². The van der Waals surface area contributed by atoms with Crippen LogP contribution in [0.2, 0.25) is 0 Å². The molecule has 98 valence electrons. The zero-order valence-corrected chi connectivity index (χ0v) is 10.7. The van der Waals surface area contributed by atoms with E-state index in [1.165, 1.54) is 0 Å². The number of hydrogen-bond donors (Lipinski definition) is 2. The van der Waals surface area contributed by atoms with E-state index in [2.05, 4.69) is 20.8 Å². The summed E-state index contributed by atoms with van der Waals surface area (Å²) in [5.74, 6) is 0. The number of aliphatic hydroxyl groups is 2. The van der Waals surface area contributed by atoms with Gasteiger partial charge in [-0.2, -0.15) is 0 Å². The Kier molecular flexibility index (Phi) is 2.41. The molecule has 1 aliphatic carbocycles. The lowest BCUT2D eigenvalue weighted by molar-refractivity contribution is -0.110. The molecular weight excluding hydrogens is 220 g/mol. The topological polar surface area (TPSA) is 62.2 Å². The maximum atomic E-state index is 10.1. The molecule has 3 rings (SSSR count). The summed E-state index contributed by atoms with van der Waals surface area (Å²) in [5.41, 5.74) is -0.343. The average molecular weight is 242 g/mol. The van der Waals surface area contributed by atoms with Crippen LogP contribution in [-0.2, 0) is 9.47 Å². The Balaban J connectivity index is 1.90. The Bertz CT molecular complexity index is 324. The number of fused-ring (bicyclic) bond motifs is 3. The molecule has 2 heterocycles. The van der Waals surface area contributed by atoms with Crippen molar-refractivity contribution >= 4 is 0 Å². The zero-order chi connectivity index (χ0) is 12.4. The summed E-state index contributed by atoms with van der Waals surface area (Å²) in [5, 5.41) is 19.9. The van der Waals surface area contributed by atoms with E-state index in [9.17, 15) is 10.2 Å². The highest BCUT2D eigenvalue weighted by Gasteiger charge is 2.68. The van der Waals surface area contributed by atoms with E-state index < -0.39 is 6.10 Å². The van der Waals surface area contributed by atoms with Gasteiger partial charge < -0.3 is 19.7 Å². The summed E-state index contributed by atoms with van der Waals surface area (Å²) < 4.78 is 11.7. The predicted molar refractivity (Wildman–Crippen MR) is 61.5 cm³/mol. The standard InChI is InChI=1S/C13H22O4/c1-12(2,3)9-5-13(6-14)10(17-9)7(15)4-8-11(13)16-8/h7-11,14-15H,4-6H2,1-3H3/t7-,8+,9-,10+,11+,13-/m0/s1. The van der Waals surface area contributed by atoms with Crippen LogP contribution >= 0.6 is 0 Å². The fourth-order valence-corrected chi connectivity index (χ4v) is 3.52. The Hall–Kier alpha value is -0.160. The molecule has 3 fully saturated rings. The first-order valence-corrected chi connectivity index (χ1v) is 6.48. The molecule has 0 spiro atoms. The lowest BCUT2D eigenvalue weighted by Gasteiger charge is -2.36. The molecule has 6 atom stereocenters. The second-order valence-electron chi connectivity index (χ2n) is 6.90. The highest BCUT2D eigenvalue weighted by atomic mass is 16.6. The minimum Gasteiger partial charge on any atom is -0.396 e. The summed E-state index contributed by atoms with van der Waals surface area (Å²) in [6.07, 6.45) is 0.976. The van der Waals surface area contributed by atoms with Gasteiger partial charge in [-0.05, 0) is 11.8 Å². The molecule has 0 aromatic rings. The minimum absolute atomic E-state index is 0.0314. The zero-order valence-electron chi connectivity index (χ0n) is 10.7. The largest absolute Gasteiger partial charge is 0.396 e. The first-order valence-electron chi connectivity index (χ1n) is 6.48. The van der Waals surface area contributed by atoms with Gasteiger partial charge in [0, 0.05) is 6.42 Å². The van der Waals surface area contributed by atoms with Crippen LogP contribution in [0.4, 0.5) is 0 Å². The number of rotatable bonds is 1. The smallest absolute Gasteiger partial charge is 0.0947 e. The Morgan fingerprint density at radius 1 is 1.24 bits per heavy atom. The van der Waals surface area contributed by atoms with Gasteiger partial charge in [-0.1, -0.05) is 20.8 Å². The fourth-order valence-electron chi connectivity index (χ4n) is 3.52. The minimum atomic E-state index is -0.502. The van der Waals surface area contributed by atoms with E-state index in [4.69, 9.17) is 9.47 Å². The monoisotopic (exact) mass is 242 g/mol. The Labute approximate surface area is 102 Å². The van der Waals surface area contributed by atoms with Crippen LogP contribution in [0.5, 0.6) is 0 Å². The van der Waals surface area contributed by atoms with E-state index in [1.807, 2.05) is 0 Å². The lowest BCUT2D eigenvalue weighted by Crippen LogP contribution is -2.50. The summed E-state index contributed by atoms with van der Waals surface area (Å²) in [6.45, 7) is 6.45. The normalized spacial score (nSPS) is 53.1. The van der Waals surface area contributed by atoms with Gasteiger partial charge in [0.25, 0.3) is 0 Å². The molecule has 0 aromatic heterocycles. The Morgan fingerprint density at radius 3 is 2.53 bits per heavy atom. The molecule has 0 unspecified atom stereocenters. The van der Waals surface area contributed by atoms with Gasteiger partial charge in [0.15, 0.2) is 0 Å². The van der Waals surface area contributed by atoms with Gasteiger partial charge in [0.05, 0.1) is 42.5 Å². The van der Waals surface area contributed by atoms with Crippen molar-refractivity contribution < 1.29 is 19.7 Å². The van der Waals surface area contributed by atoms with Gasteiger partial charge in [-0.3, -0.25) is 0 Å². The Morgan fingerprint density at radius 2 is 1.94 bits per heavy atom. The van der Waals surface area contributed by atoms with E-state index in [0.717, 1.165) is 6.42 Å². The van der Waals surface area contributed by atoms with Crippen LogP contribution in [0.3, 0.4) is 0 Å². The molecule has 4 nitrogen and oxygen atoms in total. The van der Waals surface area contributed by atoms with Gasteiger partial charge >= 0.3 is 0 Å². The predicted octanol–water partition coefficient (Wildman–Crippen LogP) is 0.701. The molecule has 2 aliphatic heterocycles. The fraction of sp³-hybridized carbons (Fsp3) is 1.00. The first-order chi connectivity index (χ1) is 7.88. The van der Waals surface area contributed by atoms with Crippen molar-refractivity contribution in [2.24, 2.45) is 10.8 Å². The lowest BCUT2D eigenvalue weighted by atomic mass is 9.68. The van der Waals surface area contributed by atoms with Gasteiger partial charge in [0.1, 0.15) is 0 Å². The SMILES string of the molecule is CC(C)(C)[C@@H]1C[C@]2(CO)[C@H](O1)[C@@H](O)C[C@H]1O[C@H]12. The second-order valence-corrected chi connectivity index (χ2v) is 6.90. The summed E-state index contributed by atoms with van der Waals surface area (Å²) in [7, 11) is 0. The van der Waals surface area contributed by atoms with Crippen LogP contribution in [-0.4, -0.2) is 47.3 Å². The average Bonchev–Trinajstić information content (AvgIpc) is 2.89. The maximum Gasteiger partial charge on any atom is 0.0947 e. The van der Waals surface area contributed by atoms with E-state index in [-0.39, 0.29) is 41.9 Å². The molecule has 2 N–H and O–H groups in total. The van der Waals surface area contributed by atoms with Crippen molar-refractivity contribution in [2.45, 2.75) is 64.1 Å². The van der Waals surface area contributed by atoms with Gasteiger partial charge in [0.2, 0.25) is 0 Å². The van der Waals surface area contributed by atoms with Crippen molar-refractivity contribution in [1.82, 2.24) is 0 Å². The molecule has 0 amide bonds. The van der Waals surface area contributed by atoms with Crippen LogP contribution in [0.1, 0.15) is 33.6 Å². The van der Waals surface area contributed by atoms with Crippen LogP contribution in [0.15, 0.2) is 0 Å². The molecule has 17 heavy (non-hydrogen) atoms. The number of epoxide rings is 1. The van der Waals surface area contributed by atoms with Crippen LogP contribution in [0.25, 0.3) is 0 Å². The maximum absolute atomic E-state index is 10.1. The summed E-state index contributed by atoms with van der Waals surface area (Å²) in [4.78, 5) is 0. The molecule has 0 bridgehead atoms. The van der Waals surface area contributed by atoms with Crippen LogP contribution < -0.4 is 0 Å². The molecule has 2 saturated heterocycles.